The predicted molar refractivity (Wildman–Crippen MR) is 105 cm³/mol. The van der Waals surface area contributed by atoms with E-state index in [0.29, 0.717) is 10.8 Å². The molecule has 27 heavy (non-hydrogen) atoms. The van der Waals surface area contributed by atoms with Gasteiger partial charge in [0.2, 0.25) is 15.9 Å². The maximum Gasteiger partial charge on any atom is 0.242 e. The summed E-state index contributed by atoms with van der Waals surface area (Å²) in [5.74, 6) is -0.344. The standard InChI is InChI=1S/C17H15ClN4O3S2/c18-13-5-1-2-6-15(13)27(24,25)20-9-7-16(23)22-17-21-14(11-26-17)12-4-3-8-19-10-12/h1-6,8,10-11,20H,7,9H2,(H,21,22,23). The Balaban J connectivity index is 1.53. The molecule has 1 amide bonds. The molecule has 7 nitrogen and oxygen atoms in total. The van der Waals surface area contributed by atoms with Gasteiger partial charge in [0.25, 0.3) is 0 Å². The Bertz CT molecular complexity index is 1040. The molecular formula is C17H15ClN4O3S2. The van der Waals surface area contributed by atoms with Gasteiger partial charge in [-0.05, 0) is 24.3 Å². The van der Waals surface area contributed by atoms with Crippen LogP contribution in [0.25, 0.3) is 11.3 Å². The largest absolute Gasteiger partial charge is 0.302 e. The summed E-state index contributed by atoms with van der Waals surface area (Å²) in [5, 5.41) is 5.03. The first-order valence-electron chi connectivity index (χ1n) is 7.86. The molecule has 2 heterocycles. The molecule has 3 aromatic rings. The molecule has 0 aliphatic carbocycles. The van der Waals surface area contributed by atoms with Crippen molar-refractivity contribution < 1.29 is 13.2 Å². The van der Waals surface area contributed by atoms with Crippen LogP contribution in [0.5, 0.6) is 0 Å². The second kappa shape index (κ2) is 8.57. The summed E-state index contributed by atoms with van der Waals surface area (Å²) < 4.78 is 26.8. The summed E-state index contributed by atoms with van der Waals surface area (Å²) in [6.07, 6.45) is 3.32. The lowest BCUT2D eigenvalue weighted by molar-refractivity contribution is -0.116. The van der Waals surface area contributed by atoms with Crippen molar-refractivity contribution in [3.05, 3.63) is 59.2 Å². The molecule has 2 aromatic heterocycles. The Morgan fingerprint density at radius 3 is 2.74 bits per heavy atom. The molecule has 0 bridgehead atoms. The van der Waals surface area contributed by atoms with Gasteiger partial charge in [0.1, 0.15) is 4.90 Å². The first-order chi connectivity index (χ1) is 13.0. The molecule has 0 unspecified atom stereocenters. The highest BCUT2D eigenvalue weighted by atomic mass is 35.5. The lowest BCUT2D eigenvalue weighted by Crippen LogP contribution is -2.28. The lowest BCUT2D eigenvalue weighted by atomic mass is 10.2. The van der Waals surface area contributed by atoms with E-state index in [1.807, 2.05) is 11.4 Å². The third-order valence-electron chi connectivity index (χ3n) is 3.48. The number of carbonyl (C=O) groups is 1. The number of benzene rings is 1. The summed E-state index contributed by atoms with van der Waals surface area (Å²) in [6, 6.07) is 9.79. The van der Waals surface area contributed by atoms with Gasteiger partial charge in [-0.25, -0.2) is 18.1 Å². The molecule has 0 spiro atoms. The van der Waals surface area contributed by atoms with Crippen LogP contribution in [0.4, 0.5) is 5.13 Å². The van der Waals surface area contributed by atoms with Gasteiger partial charge in [0.15, 0.2) is 5.13 Å². The van der Waals surface area contributed by atoms with Gasteiger partial charge in [0, 0.05) is 36.3 Å². The molecule has 0 aliphatic rings. The van der Waals surface area contributed by atoms with Gasteiger partial charge in [-0.3, -0.25) is 9.78 Å². The molecule has 1 aromatic carbocycles. The molecule has 0 radical (unpaired) electrons. The maximum absolute atomic E-state index is 12.2. The Morgan fingerprint density at radius 1 is 1.19 bits per heavy atom. The van der Waals surface area contributed by atoms with Gasteiger partial charge < -0.3 is 5.32 Å². The number of rotatable bonds is 7. The fourth-order valence-corrected chi connectivity index (χ4v) is 4.48. The summed E-state index contributed by atoms with van der Waals surface area (Å²) in [4.78, 5) is 20.4. The van der Waals surface area contributed by atoms with E-state index in [1.165, 1.54) is 23.5 Å². The Morgan fingerprint density at radius 2 is 2.00 bits per heavy atom. The van der Waals surface area contributed by atoms with Crippen LogP contribution in [0.3, 0.4) is 0 Å². The van der Waals surface area contributed by atoms with E-state index >= 15 is 0 Å². The predicted octanol–water partition coefficient (Wildman–Crippen LogP) is 3.17. The number of nitrogens with zero attached hydrogens (tertiary/aromatic N) is 2. The molecule has 3 rings (SSSR count). The van der Waals surface area contributed by atoms with Gasteiger partial charge >= 0.3 is 0 Å². The number of pyridine rings is 1. The van der Waals surface area contributed by atoms with E-state index in [2.05, 4.69) is 20.0 Å². The number of aromatic nitrogens is 2. The minimum Gasteiger partial charge on any atom is -0.302 e. The van der Waals surface area contributed by atoms with Crippen molar-refractivity contribution in [2.45, 2.75) is 11.3 Å². The van der Waals surface area contributed by atoms with E-state index in [4.69, 9.17) is 11.6 Å². The zero-order valence-corrected chi connectivity index (χ0v) is 16.3. The van der Waals surface area contributed by atoms with E-state index in [9.17, 15) is 13.2 Å². The van der Waals surface area contributed by atoms with Crippen molar-refractivity contribution in [2.75, 3.05) is 11.9 Å². The highest BCUT2D eigenvalue weighted by molar-refractivity contribution is 7.89. The molecule has 0 atom stereocenters. The zero-order chi connectivity index (χ0) is 19.3. The van der Waals surface area contributed by atoms with Crippen LogP contribution in [0.1, 0.15) is 6.42 Å². The lowest BCUT2D eigenvalue weighted by Gasteiger charge is -2.08. The van der Waals surface area contributed by atoms with Crippen molar-refractivity contribution in [3.8, 4) is 11.3 Å². The Hall–Kier alpha value is -2.33. The second-order valence-corrected chi connectivity index (χ2v) is 8.41. The van der Waals surface area contributed by atoms with Crippen LogP contribution < -0.4 is 10.0 Å². The molecule has 0 saturated heterocycles. The van der Waals surface area contributed by atoms with Gasteiger partial charge in [-0.15, -0.1) is 11.3 Å². The minimum atomic E-state index is -3.77. The normalized spacial score (nSPS) is 11.3. The van der Waals surface area contributed by atoms with Crippen molar-refractivity contribution in [3.63, 3.8) is 0 Å². The van der Waals surface area contributed by atoms with Gasteiger partial charge in [-0.1, -0.05) is 23.7 Å². The van der Waals surface area contributed by atoms with Crippen LogP contribution in [0.2, 0.25) is 5.02 Å². The van der Waals surface area contributed by atoms with Crippen LogP contribution in [0.15, 0.2) is 59.1 Å². The summed E-state index contributed by atoms with van der Waals surface area (Å²) >= 11 is 7.18. The quantitative estimate of drug-likeness (QED) is 0.609. The van der Waals surface area contributed by atoms with Crippen molar-refractivity contribution in [1.29, 1.82) is 0 Å². The second-order valence-electron chi connectivity index (χ2n) is 5.41. The van der Waals surface area contributed by atoms with Crippen molar-refractivity contribution in [1.82, 2.24) is 14.7 Å². The van der Waals surface area contributed by atoms with Crippen molar-refractivity contribution >= 4 is 44.0 Å². The average Bonchev–Trinajstić information content (AvgIpc) is 3.11. The number of hydrogen-bond donors (Lipinski definition) is 2. The number of halogens is 1. The van der Waals surface area contributed by atoms with Crippen LogP contribution >= 0.6 is 22.9 Å². The molecular weight excluding hydrogens is 408 g/mol. The van der Waals surface area contributed by atoms with Crippen LogP contribution in [-0.4, -0.2) is 30.8 Å². The van der Waals surface area contributed by atoms with Crippen LogP contribution in [-0.2, 0) is 14.8 Å². The molecule has 0 saturated carbocycles. The molecule has 2 N–H and O–H groups in total. The topological polar surface area (TPSA) is 101 Å². The highest BCUT2D eigenvalue weighted by Crippen LogP contribution is 2.24. The van der Waals surface area contributed by atoms with Gasteiger partial charge in [0.05, 0.1) is 10.7 Å². The third-order valence-corrected chi connectivity index (χ3v) is 6.20. The number of amides is 1. The average molecular weight is 423 g/mol. The molecule has 140 valence electrons. The minimum absolute atomic E-state index is 0.0203. The number of nitrogens with one attached hydrogen (secondary N) is 2. The molecule has 10 heteroatoms. The summed E-state index contributed by atoms with van der Waals surface area (Å²) in [6.45, 7) is -0.0553. The fourth-order valence-electron chi connectivity index (χ4n) is 2.20. The van der Waals surface area contributed by atoms with Crippen molar-refractivity contribution in [2.24, 2.45) is 0 Å². The van der Waals surface area contributed by atoms with Crippen LogP contribution in [0, 0.1) is 0 Å². The highest BCUT2D eigenvalue weighted by Gasteiger charge is 2.17. The number of carbonyl (C=O) groups excluding carboxylic acids is 1. The number of thiazole rings is 1. The summed E-state index contributed by atoms with van der Waals surface area (Å²) in [5.41, 5.74) is 1.56. The third kappa shape index (κ3) is 5.10. The SMILES string of the molecule is O=C(CCNS(=O)(=O)c1ccccc1Cl)Nc1nc(-c2cccnc2)cs1. The monoisotopic (exact) mass is 422 g/mol. The van der Waals surface area contributed by atoms with E-state index in [-0.39, 0.29) is 28.8 Å². The number of sulfonamides is 1. The zero-order valence-electron chi connectivity index (χ0n) is 13.9. The van der Waals surface area contributed by atoms with E-state index in [0.717, 1.165) is 5.56 Å². The number of hydrogen-bond acceptors (Lipinski definition) is 6. The smallest absolute Gasteiger partial charge is 0.242 e. The van der Waals surface area contributed by atoms with E-state index in [1.54, 1.807) is 30.6 Å². The first kappa shape index (κ1) is 19.4. The fraction of sp³-hybridized carbons (Fsp3) is 0.118. The van der Waals surface area contributed by atoms with E-state index < -0.39 is 10.0 Å². The maximum atomic E-state index is 12.2. The molecule has 0 aliphatic heterocycles. The van der Waals surface area contributed by atoms with Gasteiger partial charge in [-0.2, -0.15) is 0 Å². The Kier molecular flexibility index (Phi) is 6.17. The Labute approximate surface area is 165 Å². The summed E-state index contributed by atoms with van der Waals surface area (Å²) in [7, 11) is -3.77. The number of anilines is 1. The first-order valence-corrected chi connectivity index (χ1v) is 10.6. The molecule has 0 fully saturated rings.